The second-order valence-corrected chi connectivity index (χ2v) is 7.35. The smallest absolute Gasteiger partial charge is 0.303 e. The van der Waals surface area contributed by atoms with E-state index in [1.807, 2.05) is 18.2 Å². The molecule has 2 N–H and O–H groups in total. The van der Waals surface area contributed by atoms with E-state index in [-0.39, 0.29) is 12.5 Å². The molecule has 0 spiro atoms. The molecule has 3 atom stereocenters. The fourth-order valence-corrected chi connectivity index (χ4v) is 3.91. The van der Waals surface area contributed by atoms with Gasteiger partial charge in [-0.25, -0.2) is 0 Å². The predicted octanol–water partition coefficient (Wildman–Crippen LogP) is 4.29. The summed E-state index contributed by atoms with van der Waals surface area (Å²) in [7, 11) is 0. The third-order valence-electron chi connectivity index (χ3n) is 5.19. The Labute approximate surface area is 150 Å². The Hall–Kier alpha value is -2.13. The van der Waals surface area contributed by atoms with Crippen molar-refractivity contribution in [1.29, 1.82) is 0 Å². The van der Waals surface area contributed by atoms with Crippen LogP contribution in [0.25, 0.3) is 0 Å². The summed E-state index contributed by atoms with van der Waals surface area (Å²) < 4.78 is 0. The summed E-state index contributed by atoms with van der Waals surface area (Å²) in [6.07, 6.45) is 2.80. The Balaban J connectivity index is 1.77. The molecule has 0 heterocycles. The topological polar surface area (TPSA) is 49.3 Å². The van der Waals surface area contributed by atoms with Crippen LogP contribution in [0.4, 0.5) is 0 Å². The third kappa shape index (κ3) is 4.49. The van der Waals surface area contributed by atoms with Crippen LogP contribution in [0.1, 0.15) is 48.1 Å². The molecule has 1 aliphatic carbocycles. The van der Waals surface area contributed by atoms with Crippen molar-refractivity contribution in [3.05, 3.63) is 70.8 Å². The van der Waals surface area contributed by atoms with Gasteiger partial charge in [-0.3, -0.25) is 4.79 Å². The monoisotopic (exact) mass is 337 g/mol. The Morgan fingerprint density at radius 1 is 1.24 bits per heavy atom. The van der Waals surface area contributed by atoms with Crippen LogP contribution in [0.3, 0.4) is 0 Å². The third-order valence-corrected chi connectivity index (χ3v) is 5.19. The zero-order chi connectivity index (χ0) is 17.8. The summed E-state index contributed by atoms with van der Waals surface area (Å²) in [6.45, 7) is 4.41. The summed E-state index contributed by atoms with van der Waals surface area (Å²) in [5.41, 5.74) is 5.35. The van der Waals surface area contributed by atoms with E-state index in [2.05, 4.69) is 49.5 Å². The first-order valence-electron chi connectivity index (χ1n) is 9.14. The van der Waals surface area contributed by atoms with Crippen LogP contribution in [0.2, 0.25) is 0 Å². The van der Waals surface area contributed by atoms with Gasteiger partial charge in [-0.1, -0.05) is 61.0 Å². The lowest BCUT2D eigenvalue weighted by atomic mass is 9.96. The molecule has 132 valence electrons. The summed E-state index contributed by atoms with van der Waals surface area (Å²) in [5.74, 6) is -0.199. The molecule has 1 aliphatic rings. The Kier molecular flexibility index (Phi) is 5.54. The largest absolute Gasteiger partial charge is 0.481 e. The van der Waals surface area contributed by atoms with Crippen LogP contribution in [0.15, 0.2) is 48.5 Å². The van der Waals surface area contributed by atoms with E-state index in [0.717, 1.165) is 12.8 Å². The molecular formula is C22H27NO2. The average molecular weight is 337 g/mol. The summed E-state index contributed by atoms with van der Waals surface area (Å²) in [6, 6.07) is 17.5. The lowest BCUT2D eigenvalue weighted by Gasteiger charge is -2.26. The van der Waals surface area contributed by atoms with E-state index >= 15 is 0 Å². The van der Waals surface area contributed by atoms with Crippen LogP contribution in [-0.2, 0) is 17.6 Å². The van der Waals surface area contributed by atoms with Crippen molar-refractivity contribution in [3.63, 3.8) is 0 Å². The summed E-state index contributed by atoms with van der Waals surface area (Å²) in [4.78, 5) is 11.1. The standard InChI is InChI=1S/C22H27NO2/c1-15-8-9-18-13-16(2)22(20(18)12-15)23-19(10-11-21(24)25)14-17-6-4-3-5-7-17/h3-9,12,16,19,22-23H,10-11,13-14H2,1-2H3,(H,24,25). The van der Waals surface area contributed by atoms with Crippen molar-refractivity contribution < 1.29 is 9.90 Å². The van der Waals surface area contributed by atoms with E-state index in [0.29, 0.717) is 18.4 Å². The molecule has 25 heavy (non-hydrogen) atoms. The first kappa shape index (κ1) is 17.7. The fourth-order valence-electron chi connectivity index (χ4n) is 3.91. The maximum Gasteiger partial charge on any atom is 0.303 e. The van der Waals surface area contributed by atoms with Crippen LogP contribution in [0, 0.1) is 12.8 Å². The molecule has 3 unspecified atom stereocenters. The highest BCUT2D eigenvalue weighted by atomic mass is 16.4. The van der Waals surface area contributed by atoms with Crippen LogP contribution in [-0.4, -0.2) is 17.1 Å². The van der Waals surface area contributed by atoms with Crippen molar-refractivity contribution in [1.82, 2.24) is 5.32 Å². The van der Waals surface area contributed by atoms with Crippen LogP contribution < -0.4 is 5.32 Å². The molecule has 0 fully saturated rings. The maximum atomic E-state index is 11.1. The van der Waals surface area contributed by atoms with Crippen molar-refractivity contribution in [2.24, 2.45) is 5.92 Å². The van der Waals surface area contributed by atoms with Gasteiger partial charge in [0, 0.05) is 18.5 Å². The lowest BCUT2D eigenvalue weighted by Crippen LogP contribution is -2.36. The first-order valence-corrected chi connectivity index (χ1v) is 9.14. The molecule has 0 amide bonds. The molecule has 2 aromatic rings. The van der Waals surface area contributed by atoms with Gasteiger partial charge in [0.15, 0.2) is 0 Å². The maximum absolute atomic E-state index is 11.1. The molecule has 3 rings (SSSR count). The van der Waals surface area contributed by atoms with E-state index in [1.165, 1.54) is 22.3 Å². The van der Waals surface area contributed by atoms with Crippen LogP contribution in [0.5, 0.6) is 0 Å². The normalized spacial score (nSPS) is 20.2. The highest BCUT2D eigenvalue weighted by Gasteiger charge is 2.31. The second kappa shape index (κ2) is 7.83. The summed E-state index contributed by atoms with van der Waals surface area (Å²) >= 11 is 0. The number of carboxylic acid groups (broad SMARTS) is 1. The van der Waals surface area contributed by atoms with Crippen molar-refractivity contribution in [3.8, 4) is 0 Å². The molecule has 2 aromatic carbocycles. The minimum absolute atomic E-state index is 0.164. The molecule has 0 aromatic heterocycles. The molecule has 0 saturated carbocycles. The van der Waals surface area contributed by atoms with Gasteiger partial charge in [-0.05, 0) is 48.8 Å². The van der Waals surface area contributed by atoms with Gasteiger partial charge in [0.2, 0.25) is 0 Å². The zero-order valence-electron chi connectivity index (χ0n) is 15.0. The van der Waals surface area contributed by atoms with Gasteiger partial charge in [-0.2, -0.15) is 0 Å². The average Bonchev–Trinajstić information content (AvgIpc) is 2.89. The van der Waals surface area contributed by atoms with Crippen LogP contribution >= 0.6 is 0 Å². The molecule has 0 aliphatic heterocycles. The molecule has 0 saturated heterocycles. The molecule has 0 bridgehead atoms. The molecular weight excluding hydrogens is 310 g/mol. The van der Waals surface area contributed by atoms with Gasteiger partial charge < -0.3 is 10.4 Å². The van der Waals surface area contributed by atoms with E-state index in [4.69, 9.17) is 5.11 Å². The molecule has 0 radical (unpaired) electrons. The summed E-state index contributed by atoms with van der Waals surface area (Å²) in [5, 5.41) is 12.9. The van der Waals surface area contributed by atoms with Gasteiger partial charge in [0.1, 0.15) is 0 Å². The van der Waals surface area contributed by atoms with Crippen molar-refractivity contribution in [2.75, 3.05) is 0 Å². The number of rotatable bonds is 7. The number of nitrogens with one attached hydrogen (secondary N) is 1. The minimum atomic E-state index is -0.726. The Morgan fingerprint density at radius 2 is 2.00 bits per heavy atom. The number of hydrogen-bond acceptors (Lipinski definition) is 2. The minimum Gasteiger partial charge on any atom is -0.481 e. The number of aryl methyl sites for hydroxylation is 1. The first-order chi connectivity index (χ1) is 12.0. The van der Waals surface area contributed by atoms with Gasteiger partial charge in [-0.15, -0.1) is 0 Å². The quantitative estimate of drug-likeness (QED) is 0.792. The van der Waals surface area contributed by atoms with E-state index < -0.39 is 5.97 Å². The fraction of sp³-hybridized carbons (Fsp3) is 0.409. The molecule has 3 nitrogen and oxygen atoms in total. The number of hydrogen-bond donors (Lipinski definition) is 2. The Bertz CT molecular complexity index is 726. The number of carboxylic acids is 1. The second-order valence-electron chi connectivity index (χ2n) is 7.35. The van der Waals surface area contributed by atoms with Gasteiger partial charge in [0.05, 0.1) is 0 Å². The predicted molar refractivity (Wildman–Crippen MR) is 101 cm³/mol. The van der Waals surface area contributed by atoms with E-state index in [9.17, 15) is 4.79 Å². The number of fused-ring (bicyclic) bond motifs is 1. The van der Waals surface area contributed by atoms with Gasteiger partial charge in [0.25, 0.3) is 0 Å². The zero-order valence-corrected chi connectivity index (χ0v) is 15.0. The Morgan fingerprint density at radius 3 is 2.72 bits per heavy atom. The van der Waals surface area contributed by atoms with Crippen molar-refractivity contribution in [2.45, 2.75) is 51.6 Å². The highest BCUT2D eigenvalue weighted by Crippen LogP contribution is 2.37. The van der Waals surface area contributed by atoms with E-state index in [1.54, 1.807) is 0 Å². The SMILES string of the molecule is Cc1ccc2c(c1)C(NC(CCC(=O)O)Cc1ccccc1)C(C)C2. The number of aliphatic carboxylic acids is 1. The number of carbonyl (C=O) groups is 1. The van der Waals surface area contributed by atoms with Gasteiger partial charge >= 0.3 is 5.97 Å². The lowest BCUT2D eigenvalue weighted by molar-refractivity contribution is -0.137. The number of benzene rings is 2. The van der Waals surface area contributed by atoms with Crippen molar-refractivity contribution >= 4 is 5.97 Å². The molecule has 3 heteroatoms. The highest BCUT2D eigenvalue weighted by molar-refractivity contribution is 5.66.